The third-order valence-electron chi connectivity index (χ3n) is 5.07. The first-order chi connectivity index (χ1) is 14.1. The van der Waals surface area contributed by atoms with E-state index in [1.165, 1.54) is 4.68 Å². The Kier molecular flexibility index (Phi) is 5.57. The Balaban J connectivity index is 1.36. The molecular formula is C20H24N6O3. The van der Waals surface area contributed by atoms with Gasteiger partial charge in [-0.05, 0) is 37.5 Å². The molecule has 1 aliphatic rings. The molecule has 152 valence electrons. The maximum absolute atomic E-state index is 12.5. The lowest BCUT2D eigenvalue weighted by molar-refractivity contribution is 0.101. The number of ether oxygens (including phenoxy) is 2. The van der Waals surface area contributed by atoms with Gasteiger partial charge < -0.3 is 14.8 Å². The van der Waals surface area contributed by atoms with Crippen molar-refractivity contribution in [2.75, 3.05) is 12.4 Å². The Bertz CT molecular complexity index is 968. The quantitative estimate of drug-likeness (QED) is 0.636. The van der Waals surface area contributed by atoms with E-state index in [1.54, 1.807) is 32.6 Å². The van der Waals surface area contributed by atoms with Gasteiger partial charge in [0.15, 0.2) is 5.82 Å². The van der Waals surface area contributed by atoms with Crippen LogP contribution in [0.5, 0.6) is 5.75 Å². The molecule has 9 heteroatoms. The molecule has 1 saturated carbocycles. The second kappa shape index (κ2) is 8.44. The van der Waals surface area contributed by atoms with Crippen molar-refractivity contribution in [1.29, 1.82) is 0 Å². The van der Waals surface area contributed by atoms with Crippen LogP contribution in [0.3, 0.4) is 0 Å². The molecule has 0 bridgehead atoms. The number of H-pyrrole nitrogens is 1. The van der Waals surface area contributed by atoms with Gasteiger partial charge in [-0.3, -0.25) is 19.6 Å². The van der Waals surface area contributed by atoms with E-state index in [0.717, 1.165) is 30.7 Å². The van der Waals surface area contributed by atoms with Gasteiger partial charge in [0.1, 0.15) is 11.4 Å². The number of hydrogen-bond acceptors (Lipinski definition) is 6. The van der Waals surface area contributed by atoms with Crippen molar-refractivity contribution in [2.45, 2.75) is 37.9 Å². The van der Waals surface area contributed by atoms with E-state index < -0.39 is 0 Å². The van der Waals surface area contributed by atoms with Crippen LogP contribution in [0.15, 0.2) is 36.7 Å². The monoisotopic (exact) mass is 396 g/mol. The van der Waals surface area contributed by atoms with Gasteiger partial charge in [0.05, 0.1) is 18.4 Å². The number of pyridine rings is 1. The van der Waals surface area contributed by atoms with Crippen LogP contribution in [-0.4, -0.2) is 44.1 Å². The number of carbonyl (C=O) groups excluding carboxylic acids is 1. The minimum Gasteiger partial charge on any atom is -0.490 e. The van der Waals surface area contributed by atoms with Crippen LogP contribution in [0.2, 0.25) is 0 Å². The predicted octanol–water partition coefficient (Wildman–Crippen LogP) is 2.65. The zero-order valence-electron chi connectivity index (χ0n) is 16.5. The molecule has 0 aliphatic heterocycles. The van der Waals surface area contributed by atoms with E-state index in [2.05, 4.69) is 25.6 Å². The normalized spacial score (nSPS) is 18.7. The third kappa shape index (κ3) is 4.45. The molecule has 0 unspecified atom stereocenters. The maximum Gasteiger partial charge on any atom is 0.275 e. The SMILES string of the molecule is COCc1cc(C(=O)Nc2cc([C@H]3CC[C@@H](Oc4ccncc4)C3)[nH]n2)n(C)n1. The molecule has 9 nitrogen and oxygen atoms in total. The fraction of sp³-hybridized carbons (Fsp3) is 0.400. The summed E-state index contributed by atoms with van der Waals surface area (Å²) in [5, 5.41) is 14.4. The number of anilines is 1. The Hall–Kier alpha value is -3.20. The summed E-state index contributed by atoms with van der Waals surface area (Å²) in [6, 6.07) is 7.34. The first-order valence-corrected chi connectivity index (χ1v) is 9.57. The first-order valence-electron chi connectivity index (χ1n) is 9.57. The average Bonchev–Trinajstić information content (AvgIpc) is 3.43. The second-order valence-electron chi connectivity index (χ2n) is 7.17. The topological polar surface area (TPSA) is 107 Å². The highest BCUT2D eigenvalue weighted by molar-refractivity contribution is 6.02. The van der Waals surface area contributed by atoms with E-state index in [0.29, 0.717) is 29.7 Å². The molecule has 2 atom stereocenters. The number of nitrogens with zero attached hydrogens (tertiary/aromatic N) is 4. The van der Waals surface area contributed by atoms with Crippen LogP contribution in [0.4, 0.5) is 5.82 Å². The number of nitrogens with one attached hydrogen (secondary N) is 2. The number of aromatic nitrogens is 5. The van der Waals surface area contributed by atoms with Gasteiger partial charge in [-0.1, -0.05) is 0 Å². The van der Waals surface area contributed by atoms with Crippen molar-refractivity contribution in [2.24, 2.45) is 7.05 Å². The molecule has 29 heavy (non-hydrogen) atoms. The molecule has 3 aromatic rings. The number of methoxy groups -OCH3 is 1. The third-order valence-corrected chi connectivity index (χ3v) is 5.07. The second-order valence-corrected chi connectivity index (χ2v) is 7.17. The summed E-state index contributed by atoms with van der Waals surface area (Å²) < 4.78 is 12.6. The van der Waals surface area contributed by atoms with Gasteiger partial charge in [-0.2, -0.15) is 10.2 Å². The van der Waals surface area contributed by atoms with Crippen LogP contribution < -0.4 is 10.1 Å². The molecular weight excluding hydrogens is 372 g/mol. The molecule has 3 heterocycles. The van der Waals surface area contributed by atoms with Crippen molar-refractivity contribution in [3.8, 4) is 5.75 Å². The molecule has 4 rings (SSSR count). The van der Waals surface area contributed by atoms with Crippen LogP contribution in [-0.2, 0) is 18.4 Å². The summed E-state index contributed by atoms with van der Waals surface area (Å²) >= 11 is 0. The lowest BCUT2D eigenvalue weighted by Gasteiger charge is -2.13. The summed E-state index contributed by atoms with van der Waals surface area (Å²) in [5.74, 6) is 1.40. The molecule has 3 aromatic heterocycles. The summed E-state index contributed by atoms with van der Waals surface area (Å²) in [6.07, 6.45) is 6.51. The summed E-state index contributed by atoms with van der Waals surface area (Å²) in [5.41, 5.74) is 2.16. The van der Waals surface area contributed by atoms with Crippen molar-refractivity contribution >= 4 is 11.7 Å². The van der Waals surface area contributed by atoms with Gasteiger partial charge in [-0.15, -0.1) is 0 Å². The Morgan fingerprint density at radius 1 is 1.31 bits per heavy atom. The molecule has 0 saturated heterocycles. The zero-order valence-corrected chi connectivity index (χ0v) is 16.5. The molecule has 0 aromatic carbocycles. The maximum atomic E-state index is 12.5. The molecule has 0 spiro atoms. The van der Waals surface area contributed by atoms with Crippen LogP contribution >= 0.6 is 0 Å². The fourth-order valence-corrected chi connectivity index (χ4v) is 3.69. The van der Waals surface area contributed by atoms with E-state index in [-0.39, 0.29) is 12.0 Å². The Morgan fingerprint density at radius 2 is 2.14 bits per heavy atom. The Labute approximate surface area is 168 Å². The van der Waals surface area contributed by atoms with Gasteiger partial charge >= 0.3 is 0 Å². The summed E-state index contributed by atoms with van der Waals surface area (Å²) in [4.78, 5) is 16.6. The number of rotatable bonds is 7. The van der Waals surface area contributed by atoms with Gasteiger partial charge in [-0.25, -0.2) is 0 Å². The molecule has 1 amide bonds. The molecule has 0 radical (unpaired) electrons. The lowest BCUT2D eigenvalue weighted by atomic mass is 10.0. The average molecular weight is 396 g/mol. The first kappa shape index (κ1) is 19.1. The number of carbonyl (C=O) groups is 1. The summed E-state index contributed by atoms with van der Waals surface area (Å²) in [7, 11) is 3.32. The van der Waals surface area contributed by atoms with Gasteiger partial charge in [0, 0.05) is 44.2 Å². The molecule has 1 aliphatic carbocycles. The minimum atomic E-state index is -0.259. The van der Waals surface area contributed by atoms with E-state index in [9.17, 15) is 4.79 Å². The van der Waals surface area contributed by atoms with Crippen molar-refractivity contribution in [3.05, 3.63) is 53.7 Å². The number of amides is 1. The predicted molar refractivity (Wildman–Crippen MR) is 106 cm³/mol. The van der Waals surface area contributed by atoms with Crippen LogP contribution in [0.1, 0.15) is 47.1 Å². The highest BCUT2D eigenvalue weighted by atomic mass is 16.5. The lowest BCUT2D eigenvalue weighted by Crippen LogP contribution is -2.16. The standard InChI is InChI=1S/C20H24N6O3/c1-26-18(10-14(25-26)12-28-2)20(27)22-19-11-17(23-24-19)13-3-4-16(9-13)29-15-5-7-21-8-6-15/h5-8,10-11,13,16H,3-4,9,12H2,1-2H3,(H2,22,23,24,27)/t13-,16+/m0/s1. The largest absolute Gasteiger partial charge is 0.490 e. The van der Waals surface area contributed by atoms with Crippen molar-refractivity contribution in [3.63, 3.8) is 0 Å². The molecule has 2 N–H and O–H groups in total. The Morgan fingerprint density at radius 3 is 2.93 bits per heavy atom. The minimum absolute atomic E-state index is 0.164. The van der Waals surface area contributed by atoms with Crippen molar-refractivity contribution in [1.82, 2.24) is 25.0 Å². The van der Waals surface area contributed by atoms with Gasteiger partial charge in [0.25, 0.3) is 5.91 Å². The summed E-state index contributed by atoms with van der Waals surface area (Å²) in [6.45, 7) is 0.359. The number of aryl methyl sites for hydroxylation is 1. The fourth-order valence-electron chi connectivity index (χ4n) is 3.69. The molecule has 1 fully saturated rings. The van der Waals surface area contributed by atoms with Crippen LogP contribution in [0, 0.1) is 0 Å². The van der Waals surface area contributed by atoms with E-state index >= 15 is 0 Å². The highest BCUT2D eigenvalue weighted by Crippen LogP contribution is 2.36. The van der Waals surface area contributed by atoms with Crippen molar-refractivity contribution < 1.29 is 14.3 Å². The zero-order chi connectivity index (χ0) is 20.2. The highest BCUT2D eigenvalue weighted by Gasteiger charge is 2.29. The van der Waals surface area contributed by atoms with Gasteiger partial charge in [0.2, 0.25) is 0 Å². The number of hydrogen-bond donors (Lipinski definition) is 2. The number of aromatic amines is 1. The van der Waals surface area contributed by atoms with Crippen LogP contribution in [0.25, 0.3) is 0 Å². The van der Waals surface area contributed by atoms with E-state index in [4.69, 9.17) is 9.47 Å². The smallest absolute Gasteiger partial charge is 0.275 e. The van der Waals surface area contributed by atoms with E-state index in [1.807, 2.05) is 18.2 Å².